The smallest absolute Gasteiger partial charge is 0.202 e. The Balaban J connectivity index is 1.77. The zero-order valence-electron chi connectivity index (χ0n) is 14.6. The van der Waals surface area contributed by atoms with Crippen molar-refractivity contribution in [2.24, 2.45) is 7.05 Å². The molecule has 0 radical (unpaired) electrons. The van der Waals surface area contributed by atoms with Crippen LogP contribution >= 0.6 is 15.9 Å². The van der Waals surface area contributed by atoms with Crippen LogP contribution in [0.5, 0.6) is 0 Å². The van der Waals surface area contributed by atoms with Gasteiger partial charge in [-0.05, 0) is 38.1 Å². The van der Waals surface area contributed by atoms with E-state index in [2.05, 4.69) is 42.7 Å². The van der Waals surface area contributed by atoms with E-state index in [1.165, 1.54) is 0 Å². The highest BCUT2D eigenvalue weighted by molar-refractivity contribution is 9.10. The molecule has 0 fully saturated rings. The molecule has 0 aliphatic carbocycles. The maximum atomic E-state index is 4.83. The summed E-state index contributed by atoms with van der Waals surface area (Å²) in [6.45, 7) is 4.66. The lowest BCUT2D eigenvalue weighted by atomic mass is 10.1. The fraction of sp³-hybridized carbons (Fsp3) is 0.222. The van der Waals surface area contributed by atoms with Crippen LogP contribution in [0.15, 0.2) is 35.1 Å². The lowest BCUT2D eigenvalue weighted by molar-refractivity contribution is 0.674. The van der Waals surface area contributed by atoms with Gasteiger partial charge < -0.3 is 4.57 Å². The van der Waals surface area contributed by atoms with Crippen LogP contribution in [0, 0.1) is 13.8 Å². The van der Waals surface area contributed by atoms with Gasteiger partial charge in [-0.3, -0.25) is 4.68 Å². The Morgan fingerprint density at radius 2 is 1.96 bits per heavy atom. The fourth-order valence-electron chi connectivity index (χ4n) is 3.33. The van der Waals surface area contributed by atoms with Crippen LogP contribution in [0.2, 0.25) is 0 Å². The van der Waals surface area contributed by atoms with Crippen molar-refractivity contribution in [2.45, 2.75) is 20.4 Å². The number of fused-ring (bicyclic) bond motifs is 5. The Bertz CT molecular complexity index is 1150. The second-order valence-electron chi connectivity index (χ2n) is 6.52. The third-order valence-electron chi connectivity index (χ3n) is 4.85. The van der Waals surface area contributed by atoms with Gasteiger partial charge in [0.1, 0.15) is 5.69 Å². The van der Waals surface area contributed by atoms with E-state index in [0.717, 1.165) is 44.3 Å². The van der Waals surface area contributed by atoms with Crippen molar-refractivity contribution in [2.75, 3.05) is 0 Å². The van der Waals surface area contributed by atoms with Gasteiger partial charge in [-0.2, -0.15) is 5.10 Å². The lowest BCUT2D eigenvalue weighted by Gasteiger charge is -2.08. The first-order valence-electron chi connectivity index (χ1n) is 8.30. The molecule has 1 aliphatic rings. The maximum Gasteiger partial charge on any atom is 0.202 e. The van der Waals surface area contributed by atoms with Crippen molar-refractivity contribution in [3.8, 4) is 28.6 Å². The van der Waals surface area contributed by atoms with Gasteiger partial charge >= 0.3 is 0 Å². The molecule has 1 aromatic carbocycles. The van der Waals surface area contributed by atoms with Crippen LogP contribution in [-0.4, -0.2) is 34.1 Å². The second-order valence-corrected chi connectivity index (χ2v) is 7.44. The molecule has 7 nitrogen and oxygen atoms in total. The van der Waals surface area contributed by atoms with Crippen LogP contribution in [0.4, 0.5) is 0 Å². The molecule has 130 valence electrons. The molecule has 1 aliphatic heterocycles. The number of benzene rings is 1. The Morgan fingerprint density at radius 1 is 1.12 bits per heavy atom. The van der Waals surface area contributed by atoms with Crippen LogP contribution < -0.4 is 0 Å². The van der Waals surface area contributed by atoms with E-state index >= 15 is 0 Å². The molecular formula is C18H16BrN7. The highest BCUT2D eigenvalue weighted by Gasteiger charge is 2.25. The number of hydrogen-bond donors (Lipinski definition) is 0. The molecule has 0 N–H and O–H groups in total. The van der Waals surface area contributed by atoms with E-state index in [1.807, 2.05) is 48.7 Å². The summed E-state index contributed by atoms with van der Waals surface area (Å²) in [6.07, 6.45) is 1.87. The number of rotatable bonds is 1. The Labute approximate surface area is 158 Å². The zero-order valence-corrected chi connectivity index (χ0v) is 16.2. The SMILES string of the molecule is Cc1ncn2c1Cn1nc(-c3cc(C)n(C)n3)nc1-c1cc(Br)ccc1-2. The minimum absolute atomic E-state index is 0.617. The summed E-state index contributed by atoms with van der Waals surface area (Å²) in [6, 6.07) is 8.20. The first kappa shape index (κ1) is 15.5. The van der Waals surface area contributed by atoms with Crippen molar-refractivity contribution < 1.29 is 0 Å². The van der Waals surface area contributed by atoms with E-state index in [0.29, 0.717) is 12.4 Å². The molecule has 0 saturated heterocycles. The summed E-state index contributed by atoms with van der Waals surface area (Å²) in [5.41, 5.74) is 6.04. The molecule has 0 saturated carbocycles. The van der Waals surface area contributed by atoms with Crippen LogP contribution in [0.1, 0.15) is 17.1 Å². The lowest BCUT2D eigenvalue weighted by Crippen LogP contribution is -2.05. The number of aromatic nitrogens is 7. The molecule has 0 bridgehead atoms. The second kappa shape index (κ2) is 5.38. The van der Waals surface area contributed by atoms with Crippen molar-refractivity contribution in [1.82, 2.24) is 34.1 Å². The molecule has 8 heteroatoms. The van der Waals surface area contributed by atoms with Gasteiger partial charge in [0.15, 0.2) is 5.82 Å². The average Bonchev–Trinajstić information content (AvgIpc) is 3.26. The highest BCUT2D eigenvalue weighted by Crippen LogP contribution is 2.34. The molecule has 0 unspecified atom stereocenters. The quantitative estimate of drug-likeness (QED) is 0.426. The van der Waals surface area contributed by atoms with Crippen molar-refractivity contribution >= 4 is 15.9 Å². The molecule has 5 rings (SSSR count). The Morgan fingerprint density at radius 3 is 2.73 bits per heavy atom. The topological polar surface area (TPSA) is 66.3 Å². The third-order valence-corrected chi connectivity index (χ3v) is 5.34. The molecule has 4 aromatic rings. The molecule has 0 atom stereocenters. The number of imidazole rings is 1. The first-order chi connectivity index (χ1) is 12.5. The van der Waals surface area contributed by atoms with Crippen LogP contribution in [0.3, 0.4) is 0 Å². The Hall–Kier alpha value is -2.74. The van der Waals surface area contributed by atoms with Gasteiger partial charge in [-0.25, -0.2) is 14.6 Å². The molecule has 3 aromatic heterocycles. The van der Waals surface area contributed by atoms with Crippen molar-refractivity contribution in [3.63, 3.8) is 0 Å². The molecule has 4 heterocycles. The van der Waals surface area contributed by atoms with E-state index in [-0.39, 0.29) is 0 Å². The maximum absolute atomic E-state index is 4.83. The fourth-order valence-corrected chi connectivity index (χ4v) is 3.69. The normalized spacial score (nSPS) is 12.5. The average molecular weight is 410 g/mol. The largest absolute Gasteiger partial charge is 0.300 e. The van der Waals surface area contributed by atoms with E-state index in [9.17, 15) is 0 Å². The number of nitrogens with zero attached hydrogens (tertiary/aromatic N) is 7. The summed E-state index contributed by atoms with van der Waals surface area (Å²) in [5.74, 6) is 1.47. The summed E-state index contributed by atoms with van der Waals surface area (Å²) in [4.78, 5) is 9.32. The summed E-state index contributed by atoms with van der Waals surface area (Å²) >= 11 is 3.58. The minimum Gasteiger partial charge on any atom is -0.300 e. The van der Waals surface area contributed by atoms with E-state index in [4.69, 9.17) is 10.1 Å². The van der Waals surface area contributed by atoms with Crippen molar-refractivity contribution in [3.05, 3.63) is 52.1 Å². The molecule has 0 amide bonds. The minimum atomic E-state index is 0.617. The standard InChI is InChI=1S/C18H16BrN7/c1-10-6-14(22-24(10)3)17-21-18-13-7-12(19)4-5-15(13)25-9-20-11(2)16(25)8-26(18)23-17/h4-7,9H,8H2,1-3H3. The molecule has 26 heavy (non-hydrogen) atoms. The van der Waals surface area contributed by atoms with E-state index < -0.39 is 0 Å². The monoisotopic (exact) mass is 409 g/mol. The van der Waals surface area contributed by atoms with Gasteiger partial charge in [-0.1, -0.05) is 15.9 Å². The van der Waals surface area contributed by atoms with Gasteiger partial charge in [0, 0.05) is 22.8 Å². The van der Waals surface area contributed by atoms with Gasteiger partial charge in [0.05, 0.1) is 29.9 Å². The number of aryl methyl sites for hydroxylation is 3. The molecule has 0 spiro atoms. The molecular weight excluding hydrogens is 394 g/mol. The summed E-state index contributed by atoms with van der Waals surface area (Å²) in [7, 11) is 1.92. The zero-order chi connectivity index (χ0) is 18.0. The van der Waals surface area contributed by atoms with Gasteiger partial charge in [0.25, 0.3) is 0 Å². The summed E-state index contributed by atoms with van der Waals surface area (Å²) < 4.78 is 6.91. The third kappa shape index (κ3) is 2.18. The van der Waals surface area contributed by atoms with Crippen molar-refractivity contribution in [1.29, 1.82) is 0 Å². The van der Waals surface area contributed by atoms with E-state index in [1.54, 1.807) is 0 Å². The summed E-state index contributed by atoms with van der Waals surface area (Å²) in [5, 5.41) is 9.28. The number of halogens is 1. The predicted octanol–water partition coefficient (Wildman–Crippen LogP) is 3.27. The Kier molecular flexibility index (Phi) is 3.21. The van der Waals surface area contributed by atoms with Gasteiger partial charge in [0.2, 0.25) is 5.82 Å². The van der Waals surface area contributed by atoms with Gasteiger partial charge in [-0.15, -0.1) is 5.10 Å². The number of hydrogen-bond acceptors (Lipinski definition) is 4. The predicted molar refractivity (Wildman–Crippen MR) is 101 cm³/mol. The van der Waals surface area contributed by atoms with Crippen LogP contribution in [0.25, 0.3) is 28.6 Å². The highest BCUT2D eigenvalue weighted by atomic mass is 79.9. The van der Waals surface area contributed by atoms with Crippen LogP contribution in [-0.2, 0) is 13.6 Å². The first-order valence-corrected chi connectivity index (χ1v) is 9.09.